The number of carbonyl (C=O) groups is 2. The van der Waals surface area contributed by atoms with Crippen molar-refractivity contribution in [2.75, 3.05) is 10.6 Å². The number of carbonyl (C=O) groups excluding carboxylic acids is 2. The van der Waals surface area contributed by atoms with Crippen LogP contribution in [0.1, 0.15) is 12.5 Å². The first-order valence-corrected chi connectivity index (χ1v) is 8.36. The number of aromatic nitrogens is 3. The normalized spacial score (nSPS) is 15.9. The van der Waals surface area contributed by atoms with Gasteiger partial charge in [0.25, 0.3) is 0 Å². The fraction of sp³-hybridized carbons (Fsp3) is 0.111. The third kappa shape index (κ3) is 3.16. The minimum Gasteiger partial charge on any atom is -0.324 e. The van der Waals surface area contributed by atoms with Crippen LogP contribution in [-0.4, -0.2) is 26.6 Å². The highest BCUT2D eigenvalue weighted by molar-refractivity contribution is 6.30. The fourth-order valence-electron chi connectivity index (χ4n) is 2.74. The molecule has 1 aliphatic heterocycles. The molecule has 2 heterocycles. The molecule has 4 rings (SSSR count). The minimum atomic E-state index is -0.771. The van der Waals surface area contributed by atoms with Gasteiger partial charge in [0.05, 0.1) is 6.42 Å². The van der Waals surface area contributed by atoms with Crippen molar-refractivity contribution in [2.24, 2.45) is 0 Å². The molecule has 130 valence electrons. The van der Waals surface area contributed by atoms with Crippen LogP contribution in [0.15, 0.2) is 54.6 Å². The number of rotatable bonds is 3. The molecule has 1 aliphatic rings. The number of fused-ring (bicyclic) bond motifs is 1. The molecule has 8 heteroatoms. The van der Waals surface area contributed by atoms with Crippen molar-refractivity contribution in [2.45, 2.75) is 12.5 Å². The zero-order valence-electron chi connectivity index (χ0n) is 13.5. The van der Waals surface area contributed by atoms with E-state index in [2.05, 4.69) is 20.7 Å². The first-order chi connectivity index (χ1) is 12.6. The summed E-state index contributed by atoms with van der Waals surface area (Å²) in [6.45, 7) is 0. The molecule has 0 spiro atoms. The maximum Gasteiger partial charge on any atom is 0.249 e. The summed E-state index contributed by atoms with van der Waals surface area (Å²) in [5, 5.41) is 10.5. The Bertz CT molecular complexity index is 969. The summed E-state index contributed by atoms with van der Waals surface area (Å²) in [5.41, 5.74) is 1.40. The zero-order valence-corrected chi connectivity index (χ0v) is 14.3. The van der Waals surface area contributed by atoms with Gasteiger partial charge in [-0.15, -0.1) is 5.10 Å². The second kappa shape index (κ2) is 6.61. The van der Waals surface area contributed by atoms with E-state index in [0.29, 0.717) is 16.5 Å². The number of hydrogen-bond acceptors (Lipinski definition) is 4. The molecule has 2 amide bonds. The van der Waals surface area contributed by atoms with Crippen molar-refractivity contribution < 1.29 is 9.59 Å². The van der Waals surface area contributed by atoms with Crippen molar-refractivity contribution in [3.8, 4) is 11.4 Å². The standard InChI is InChI=1S/C18H14ClN5O2/c19-12-8-6-11(7-9-12)16-22-18-21-15(25)10-14(24(18)23-16)17(26)20-13-4-2-1-3-5-13/h1-9,14H,10H2,(H,20,26)(H,21,22,23,25). The molecule has 1 aromatic heterocycles. The fourth-order valence-corrected chi connectivity index (χ4v) is 2.86. The molecule has 0 radical (unpaired) electrons. The van der Waals surface area contributed by atoms with Crippen LogP contribution in [0, 0.1) is 0 Å². The summed E-state index contributed by atoms with van der Waals surface area (Å²) in [5.74, 6) is 0.0661. The van der Waals surface area contributed by atoms with Gasteiger partial charge in [-0.1, -0.05) is 29.8 Å². The second-order valence-corrected chi connectivity index (χ2v) is 6.27. The molecule has 0 aliphatic carbocycles. The van der Waals surface area contributed by atoms with Gasteiger partial charge >= 0.3 is 0 Å². The summed E-state index contributed by atoms with van der Waals surface area (Å²) in [6.07, 6.45) is -0.00488. The van der Waals surface area contributed by atoms with Crippen LogP contribution >= 0.6 is 11.6 Å². The van der Waals surface area contributed by atoms with Crippen LogP contribution in [0.5, 0.6) is 0 Å². The number of nitrogens with one attached hydrogen (secondary N) is 2. The van der Waals surface area contributed by atoms with E-state index in [1.807, 2.05) is 18.2 Å². The molecular formula is C18H14ClN5O2. The average Bonchev–Trinajstić information content (AvgIpc) is 3.06. The number of hydrogen-bond donors (Lipinski definition) is 2. The highest BCUT2D eigenvalue weighted by Gasteiger charge is 2.33. The van der Waals surface area contributed by atoms with Crippen molar-refractivity contribution in [3.05, 3.63) is 59.6 Å². The molecule has 0 saturated heterocycles. The van der Waals surface area contributed by atoms with Gasteiger partial charge in [0.2, 0.25) is 17.8 Å². The number of anilines is 2. The molecule has 1 unspecified atom stereocenters. The molecule has 2 aromatic carbocycles. The molecule has 0 saturated carbocycles. The monoisotopic (exact) mass is 367 g/mol. The Balaban J connectivity index is 1.65. The van der Waals surface area contributed by atoms with Crippen LogP contribution in [0.2, 0.25) is 5.02 Å². The lowest BCUT2D eigenvalue weighted by atomic mass is 10.1. The predicted molar refractivity (Wildman–Crippen MR) is 97.8 cm³/mol. The molecule has 1 atom stereocenters. The highest BCUT2D eigenvalue weighted by atomic mass is 35.5. The summed E-state index contributed by atoms with van der Waals surface area (Å²) in [7, 11) is 0. The first kappa shape index (κ1) is 16.3. The lowest BCUT2D eigenvalue weighted by Gasteiger charge is -2.22. The average molecular weight is 368 g/mol. The number of para-hydroxylation sites is 1. The summed E-state index contributed by atoms with van der Waals surface area (Å²) >= 11 is 5.91. The Kier molecular flexibility index (Phi) is 4.14. The van der Waals surface area contributed by atoms with Crippen LogP contribution < -0.4 is 10.6 Å². The molecule has 3 aromatic rings. The predicted octanol–water partition coefficient (Wildman–Crippen LogP) is 3.12. The van der Waals surface area contributed by atoms with Crippen molar-refractivity contribution in [1.29, 1.82) is 0 Å². The van der Waals surface area contributed by atoms with E-state index >= 15 is 0 Å². The van der Waals surface area contributed by atoms with Crippen molar-refractivity contribution in [1.82, 2.24) is 14.8 Å². The minimum absolute atomic E-state index is 0.00488. The van der Waals surface area contributed by atoms with Crippen molar-refractivity contribution in [3.63, 3.8) is 0 Å². The van der Waals surface area contributed by atoms with E-state index in [4.69, 9.17) is 11.6 Å². The van der Waals surface area contributed by atoms with Gasteiger partial charge < -0.3 is 5.32 Å². The SMILES string of the molecule is O=C1CC(C(=O)Nc2ccccc2)n2nc(-c3ccc(Cl)cc3)nc2N1. The Morgan fingerprint density at radius 2 is 1.88 bits per heavy atom. The van der Waals surface area contributed by atoms with E-state index < -0.39 is 6.04 Å². The first-order valence-electron chi connectivity index (χ1n) is 7.98. The van der Waals surface area contributed by atoms with Crippen LogP contribution in [0.3, 0.4) is 0 Å². The van der Waals surface area contributed by atoms with Gasteiger partial charge in [0.1, 0.15) is 6.04 Å². The quantitative estimate of drug-likeness (QED) is 0.744. The van der Waals surface area contributed by atoms with Crippen LogP contribution in [0.4, 0.5) is 11.6 Å². The van der Waals surface area contributed by atoms with E-state index in [1.165, 1.54) is 4.68 Å². The topological polar surface area (TPSA) is 88.9 Å². The van der Waals surface area contributed by atoms with E-state index in [1.54, 1.807) is 36.4 Å². The second-order valence-electron chi connectivity index (χ2n) is 5.83. The van der Waals surface area contributed by atoms with E-state index in [9.17, 15) is 9.59 Å². The summed E-state index contributed by atoms with van der Waals surface area (Å²) in [6, 6.07) is 15.3. The Morgan fingerprint density at radius 3 is 2.62 bits per heavy atom. The summed E-state index contributed by atoms with van der Waals surface area (Å²) < 4.78 is 1.45. The molecular weight excluding hydrogens is 354 g/mol. The van der Waals surface area contributed by atoms with Gasteiger partial charge in [-0.05, 0) is 36.4 Å². The molecule has 7 nitrogen and oxygen atoms in total. The molecule has 2 N–H and O–H groups in total. The molecule has 0 bridgehead atoms. The highest BCUT2D eigenvalue weighted by Crippen LogP contribution is 2.27. The van der Waals surface area contributed by atoms with Gasteiger partial charge in [-0.25, -0.2) is 4.68 Å². The Labute approximate surface area is 154 Å². The Morgan fingerprint density at radius 1 is 1.15 bits per heavy atom. The van der Waals surface area contributed by atoms with E-state index in [-0.39, 0.29) is 24.2 Å². The summed E-state index contributed by atoms with van der Waals surface area (Å²) in [4.78, 5) is 29.0. The molecule has 26 heavy (non-hydrogen) atoms. The number of benzene rings is 2. The third-order valence-electron chi connectivity index (χ3n) is 4.00. The molecule has 0 fully saturated rings. The van der Waals surface area contributed by atoms with Gasteiger partial charge in [0.15, 0.2) is 5.82 Å². The van der Waals surface area contributed by atoms with Gasteiger partial charge in [-0.2, -0.15) is 4.98 Å². The van der Waals surface area contributed by atoms with E-state index in [0.717, 1.165) is 5.56 Å². The number of amides is 2. The third-order valence-corrected chi connectivity index (χ3v) is 4.25. The lowest BCUT2D eigenvalue weighted by Crippen LogP contribution is -2.36. The van der Waals surface area contributed by atoms with Gasteiger partial charge in [-0.3, -0.25) is 14.9 Å². The Hall–Kier alpha value is -3.19. The van der Waals surface area contributed by atoms with Crippen LogP contribution in [0.25, 0.3) is 11.4 Å². The smallest absolute Gasteiger partial charge is 0.249 e. The lowest BCUT2D eigenvalue weighted by molar-refractivity contribution is -0.125. The van der Waals surface area contributed by atoms with Gasteiger partial charge in [0, 0.05) is 16.3 Å². The number of nitrogens with zero attached hydrogens (tertiary/aromatic N) is 3. The maximum atomic E-state index is 12.7. The van der Waals surface area contributed by atoms with Crippen LogP contribution in [-0.2, 0) is 9.59 Å². The van der Waals surface area contributed by atoms with Crippen molar-refractivity contribution >= 4 is 35.1 Å². The largest absolute Gasteiger partial charge is 0.324 e. The maximum absolute atomic E-state index is 12.7. The zero-order chi connectivity index (χ0) is 18.1. The number of halogens is 1.